The van der Waals surface area contributed by atoms with Crippen molar-refractivity contribution in [2.75, 3.05) is 6.54 Å². The van der Waals surface area contributed by atoms with Crippen LogP contribution in [0.25, 0.3) is 0 Å². The number of rotatable bonds is 8. The first kappa shape index (κ1) is 22.3. The predicted octanol–water partition coefficient (Wildman–Crippen LogP) is 7.62. The van der Waals surface area contributed by atoms with E-state index < -0.39 is 0 Å². The van der Waals surface area contributed by atoms with Crippen molar-refractivity contribution in [3.05, 3.63) is 94.5 Å². The van der Waals surface area contributed by atoms with Crippen LogP contribution in [0.5, 0.6) is 0 Å². The normalized spacial score (nSPS) is 22.5. The van der Waals surface area contributed by atoms with E-state index in [4.69, 9.17) is 0 Å². The Morgan fingerprint density at radius 2 is 2.00 bits per heavy atom. The highest BCUT2D eigenvalue weighted by atomic mass is 19.1. The summed E-state index contributed by atoms with van der Waals surface area (Å²) in [5.74, 6) is 1.02. The fraction of sp³-hybridized carbons (Fsp3) is 0.429. The van der Waals surface area contributed by atoms with Crippen molar-refractivity contribution in [3.8, 4) is 0 Å². The number of hydrogen-bond donors (Lipinski definition) is 1. The molecule has 1 aromatic carbocycles. The molecule has 0 radical (unpaired) electrons. The second-order valence-corrected chi connectivity index (χ2v) is 8.71. The molecule has 1 aromatic rings. The molecule has 3 rings (SSSR count). The number of allylic oxidation sites excluding steroid dienone is 7. The minimum absolute atomic E-state index is 0.175. The fourth-order valence-electron chi connectivity index (χ4n) is 4.70. The Bertz CT molecular complexity index is 866. The zero-order chi connectivity index (χ0) is 21.5. The number of nitrogens with one attached hydrogen (secondary N) is 1. The molecule has 1 heterocycles. The van der Waals surface area contributed by atoms with Crippen LogP contribution in [0.3, 0.4) is 0 Å². The summed E-state index contributed by atoms with van der Waals surface area (Å²) in [7, 11) is 0. The van der Waals surface area contributed by atoms with E-state index in [0.29, 0.717) is 11.8 Å². The average molecular weight is 406 g/mol. The van der Waals surface area contributed by atoms with Gasteiger partial charge in [-0.1, -0.05) is 75.3 Å². The molecule has 0 saturated carbocycles. The number of hydrogen-bond acceptors (Lipinski definition) is 1. The third-order valence-electron chi connectivity index (χ3n) is 6.19. The summed E-state index contributed by atoms with van der Waals surface area (Å²) >= 11 is 0. The lowest BCUT2D eigenvalue weighted by Gasteiger charge is -2.32. The van der Waals surface area contributed by atoms with Crippen LogP contribution >= 0.6 is 0 Å². The van der Waals surface area contributed by atoms with E-state index in [9.17, 15) is 4.39 Å². The Kier molecular flexibility index (Phi) is 7.90. The Morgan fingerprint density at radius 3 is 2.63 bits per heavy atom. The van der Waals surface area contributed by atoms with Crippen molar-refractivity contribution in [1.82, 2.24) is 5.32 Å². The van der Waals surface area contributed by atoms with Gasteiger partial charge in [0.1, 0.15) is 5.82 Å². The lowest BCUT2D eigenvalue weighted by molar-refractivity contribution is 0.492. The van der Waals surface area contributed by atoms with Crippen LogP contribution in [0.15, 0.2) is 83.1 Å². The molecule has 1 nitrogen and oxygen atoms in total. The second kappa shape index (κ2) is 10.6. The first-order valence-corrected chi connectivity index (χ1v) is 11.5. The largest absolute Gasteiger partial charge is 0.387 e. The lowest BCUT2D eigenvalue weighted by Crippen LogP contribution is -2.19. The average Bonchev–Trinajstić information content (AvgIpc) is 3.17. The van der Waals surface area contributed by atoms with Crippen LogP contribution in [0.1, 0.15) is 64.9 Å². The van der Waals surface area contributed by atoms with E-state index in [1.54, 1.807) is 12.1 Å². The molecule has 0 spiro atoms. The summed E-state index contributed by atoms with van der Waals surface area (Å²) in [6.07, 6.45) is 18.3. The standard InChI is InChI=1S/C28H36FN/c1-5-7-21(4)17-24-18-30-19-27(24)28(23-13-15-25(29)16-14-23)26(8-6-2)22-11-9-20(3)10-12-22/h7,9,11-17,19-20,26,28,30H,5-6,8,10,18H2,1-4H3/b21-7-,24-17+. The van der Waals surface area contributed by atoms with E-state index in [-0.39, 0.29) is 11.7 Å². The van der Waals surface area contributed by atoms with E-state index in [2.05, 4.69) is 69.6 Å². The lowest BCUT2D eigenvalue weighted by atomic mass is 9.72. The molecule has 0 amide bonds. The maximum Gasteiger partial charge on any atom is 0.123 e. The summed E-state index contributed by atoms with van der Waals surface area (Å²) in [6.45, 7) is 9.73. The molecule has 0 fully saturated rings. The molecule has 30 heavy (non-hydrogen) atoms. The highest BCUT2D eigenvalue weighted by molar-refractivity contribution is 5.50. The third kappa shape index (κ3) is 5.41. The van der Waals surface area contributed by atoms with Crippen molar-refractivity contribution in [2.24, 2.45) is 11.8 Å². The van der Waals surface area contributed by atoms with Gasteiger partial charge in [-0.3, -0.25) is 0 Å². The van der Waals surface area contributed by atoms with Gasteiger partial charge in [0.2, 0.25) is 0 Å². The molecule has 0 aromatic heterocycles. The van der Waals surface area contributed by atoms with Gasteiger partial charge in [0.15, 0.2) is 0 Å². The van der Waals surface area contributed by atoms with Crippen LogP contribution < -0.4 is 5.32 Å². The zero-order valence-corrected chi connectivity index (χ0v) is 18.9. The highest BCUT2D eigenvalue weighted by Crippen LogP contribution is 2.44. The molecule has 0 saturated heterocycles. The van der Waals surface area contributed by atoms with Gasteiger partial charge in [0, 0.05) is 18.7 Å². The Balaban J connectivity index is 2.07. The molecule has 1 aliphatic carbocycles. The summed E-state index contributed by atoms with van der Waals surface area (Å²) in [5, 5.41) is 3.47. The maximum absolute atomic E-state index is 13.7. The molecule has 160 valence electrons. The van der Waals surface area contributed by atoms with E-state index in [1.807, 2.05) is 12.1 Å². The van der Waals surface area contributed by atoms with Gasteiger partial charge in [-0.25, -0.2) is 4.39 Å². The first-order valence-electron chi connectivity index (χ1n) is 11.5. The SMILES string of the molecule is CC/C=C(C)\C=C1/CNC=C1C(c1ccc(F)cc1)C(CCC)C1=CCC(C)C=C1. The van der Waals surface area contributed by atoms with Crippen molar-refractivity contribution < 1.29 is 4.39 Å². The minimum atomic E-state index is -0.175. The predicted molar refractivity (Wildman–Crippen MR) is 127 cm³/mol. The van der Waals surface area contributed by atoms with Gasteiger partial charge in [-0.05, 0) is 72.4 Å². The van der Waals surface area contributed by atoms with Gasteiger partial charge in [-0.2, -0.15) is 0 Å². The van der Waals surface area contributed by atoms with Crippen molar-refractivity contribution in [1.29, 1.82) is 0 Å². The topological polar surface area (TPSA) is 12.0 Å². The summed E-state index contributed by atoms with van der Waals surface area (Å²) < 4.78 is 13.7. The monoisotopic (exact) mass is 405 g/mol. The quantitative estimate of drug-likeness (QED) is 0.469. The maximum atomic E-state index is 13.7. The Morgan fingerprint density at radius 1 is 1.23 bits per heavy atom. The molecule has 1 aliphatic heterocycles. The minimum Gasteiger partial charge on any atom is -0.387 e. The van der Waals surface area contributed by atoms with Crippen LogP contribution in [-0.2, 0) is 0 Å². The molecule has 2 heteroatoms. The second-order valence-electron chi connectivity index (χ2n) is 8.71. The summed E-state index contributed by atoms with van der Waals surface area (Å²) in [4.78, 5) is 0. The van der Waals surface area contributed by atoms with Crippen LogP contribution in [0.4, 0.5) is 4.39 Å². The Labute approximate surface area is 182 Å². The van der Waals surface area contributed by atoms with Gasteiger partial charge < -0.3 is 5.32 Å². The molecule has 0 bridgehead atoms. The number of benzene rings is 1. The zero-order valence-electron chi connectivity index (χ0n) is 18.9. The van der Waals surface area contributed by atoms with E-state index >= 15 is 0 Å². The van der Waals surface area contributed by atoms with Crippen LogP contribution in [-0.4, -0.2) is 6.54 Å². The van der Waals surface area contributed by atoms with Gasteiger partial charge >= 0.3 is 0 Å². The molecule has 2 aliphatic rings. The third-order valence-corrected chi connectivity index (χ3v) is 6.19. The molecule has 3 unspecified atom stereocenters. The van der Waals surface area contributed by atoms with E-state index in [1.165, 1.54) is 27.9 Å². The van der Waals surface area contributed by atoms with Gasteiger partial charge in [0.25, 0.3) is 0 Å². The van der Waals surface area contributed by atoms with Crippen molar-refractivity contribution in [2.45, 2.75) is 59.3 Å². The summed E-state index contributed by atoms with van der Waals surface area (Å²) in [5.41, 5.74) is 6.62. The molecule has 1 N–H and O–H groups in total. The molecular weight excluding hydrogens is 369 g/mol. The highest BCUT2D eigenvalue weighted by Gasteiger charge is 2.32. The Hall–Kier alpha value is -2.35. The fourth-order valence-corrected chi connectivity index (χ4v) is 4.70. The van der Waals surface area contributed by atoms with Crippen LogP contribution in [0.2, 0.25) is 0 Å². The smallest absolute Gasteiger partial charge is 0.123 e. The number of halogens is 1. The van der Waals surface area contributed by atoms with Crippen LogP contribution in [0, 0.1) is 17.7 Å². The first-order chi connectivity index (χ1) is 14.5. The van der Waals surface area contributed by atoms with E-state index in [0.717, 1.165) is 32.2 Å². The van der Waals surface area contributed by atoms with Crippen molar-refractivity contribution >= 4 is 0 Å². The van der Waals surface area contributed by atoms with Crippen molar-refractivity contribution in [3.63, 3.8) is 0 Å². The van der Waals surface area contributed by atoms with Gasteiger partial charge in [0.05, 0.1) is 0 Å². The summed E-state index contributed by atoms with van der Waals surface area (Å²) in [6, 6.07) is 7.16. The molecular formula is C28H36FN. The van der Waals surface area contributed by atoms with Gasteiger partial charge in [-0.15, -0.1) is 0 Å². The molecule has 3 atom stereocenters.